The van der Waals surface area contributed by atoms with E-state index < -0.39 is 6.04 Å². The predicted molar refractivity (Wildman–Crippen MR) is 60.8 cm³/mol. The Hall–Kier alpha value is -1.39. The molecule has 0 aliphatic carbocycles. The zero-order valence-corrected chi connectivity index (χ0v) is 10.3. The highest BCUT2D eigenvalue weighted by Crippen LogP contribution is 1.92. The molecule has 0 aromatic carbocycles. The van der Waals surface area contributed by atoms with Gasteiger partial charge in [-0.3, -0.25) is 9.59 Å². The normalized spacial score (nSPS) is 12.1. The number of amides is 2. The van der Waals surface area contributed by atoms with E-state index in [1.54, 1.807) is 6.92 Å². The van der Waals surface area contributed by atoms with E-state index >= 15 is 0 Å². The van der Waals surface area contributed by atoms with Crippen molar-refractivity contribution >= 4 is 17.6 Å². The molecule has 0 aliphatic rings. The smallest absolute Gasteiger partial charge is 0.242 e. The van der Waals surface area contributed by atoms with Gasteiger partial charge in [0.1, 0.15) is 11.8 Å². The Bertz CT molecular complexity index is 274. The summed E-state index contributed by atoms with van der Waals surface area (Å²) in [6, 6.07) is -0.522. The average Bonchev–Trinajstić information content (AvgIpc) is 2.13. The van der Waals surface area contributed by atoms with Crippen molar-refractivity contribution in [2.24, 2.45) is 0 Å². The van der Waals surface area contributed by atoms with Crippen LogP contribution in [0.25, 0.3) is 0 Å². The number of carbonyl (C=O) groups is 3. The fourth-order valence-corrected chi connectivity index (χ4v) is 1.08. The van der Waals surface area contributed by atoms with E-state index in [0.717, 1.165) is 0 Å². The Balaban J connectivity index is 3.94. The lowest BCUT2D eigenvalue weighted by molar-refractivity contribution is -0.129. The van der Waals surface area contributed by atoms with Gasteiger partial charge in [-0.25, -0.2) is 0 Å². The second kappa shape index (κ2) is 6.98. The van der Waals surface area contributed by atoms with Crippen LogP contribution >= 0.6 is 0 Å². The maximum absolute atomic E-state index is 11.4. The molecule has 2 amide bonds. The molecule has 5 heteroatoms. The van der Waals surface area contributed by atoms with Crippen molar-refractivity contribution in [2.45, 2.75) is 52.6 Å². The largest absolute Gasteiger partial charge is 0.352 e. The molecule has 0 aromatic heterocycles. The van der Waals surface area contributed by atoms with Crippen molar-refractivity contribution in [1.29, 1.82) is 0 Å². The van der Waals surface area contributed by atoms with Gasteiger partial charge in [0.2, 0.25) is 11.8 Å². The van der Waals surface area contributed by atoms with Crippen LogP contribution in [0.3, 0.4) is 0 Å². The highest BCUT2D eigenvalue weighted by Gasteiger charge is 2.15. The van der Waals surface area contributed by atoms with Crippen LogP contribution < -0.4 is 10.6 Å². The first kappa shape index (κ1) is 14.6. The number of nitrogens with one attached hydrogen (secondary N) is 2. The van der Waals surface area contributed by atoms with E-state index in [1.807, 2.05) is 13.8 Å². The molecular weight excluding hydrogens is 208 g/mol. The first-order valence-corrected chi connectivity index (χ1v) is 5.42. The molecular formula is C11H20N2O3. The van der Waals surface area contributed by atoms with Crippen molar-refractivity contribution in [3.8, 4) is 0 Å². The molecule has 0 saturated heterocycles. The quantitative estimate of drug-likeness (QED) is 0.690. The van der Waals surface area contributed by atoms with Crippen LogP contribution in [0.15, 0.2) is 0 Å². The van der Waals surface area contributed by atoms with Gasteiger partial charge in [-0.05, 0) is 27.7 Å². The maximum atomic E-state index is 11.4. The van der Waals surface area contributed by atoms with Crippen LogP contribution in [0.1, 0.15) is 40.5 Å². The zero-order chi connectivity index (χ0) is 12.7. The molecule has 0 spiro atoms. The fraction of sp³-hybridized carbons (Fsp3) is 0.727. The van der Waals surface area contributed by atoms with Crippen LogP contribution in [0.2, 0.25) is 0 Å². The van der Waals surface area contributed by atoms with Gasteiger partial charge < -0.3 is 15.4 Å². The molecule has 0 bridgehead atoms. The second-order valence-corrected chi connectivity index (χ2v) is 4.15. The van der Waals surface area contributed by atoms with Crippen molar-refractivity contribution in [3.05, 3.63) is 0 Å². The summed E-state index contributed by atoms with van der Waals surface area (Å²) in [7, 11) is 0. The molecule has 0 saturated carbocycles. The molecule has 0 heterocycles. The van der Waals surface area contributed by atoms with Crippen molar-refractivity contribution < 1.29 is 14.4 Å². The van der Waals surface area contributed by atoms with Crippen LogP contribution in [0.5, 0.6) is 0 Å². The van der Waals surface area contributed by atoms with Gasteiger partial charge in [0.15, 0.2) is 0 Å². The monoisotopic (exact) mass is 228 g/mol. The molecule has 0 rings (SSSR count). The van der Waals surface area contributed by atoms with Gasteiger partial charge in [0.25, 0.3) is 0 Å². The second-order valence-electron chi connectivity index (χ2n) is 4.15. The highest BCUT2D eigenvalue weighted by atomic mass is 16.2. The summed E-state index contributed by atoms with van der Waals surface area (Å²) in [6.07, 6.45) is 0.346. The minimum atomic E-state index is -0.568. The molecule has 5 nitrogen and oxygen atoms in total. The SMILES string of the molecule is CC(=O)CCC(=O)NC(C)C(=O)NC(C)C. The van der Waals surface area contributed by atoms with E-state index in [9.17, 15) is 14.4 Å². The lowest BCUT2D eigenvalue weighted by Gasteiger charge is -2.15. The lowest BCUT2D eigenvalue weighted by Crippen LogP contribution is -2.46. The minimum Gasteiger partial charge on any atom is -0.352 e. The first-order chi connectivity index (χ1) is 7.32. The third-order valence-electron chi connectivity index (χ3n) is 1.91. The molecule has 1 unspecified atom stereocenters. The molecule has 0 aliphatic heterocycles. The van der Waals surface area contributed by atoms with Gasteiger partial charge in [-0.1, -0.05) is 0 Å². The summed E-state index contributed by atoms with van der Waals surface area (Å²) in [4.78, 5) is 33.4. The number of carbonyl (C=O) groups excluding carboxylic acids is 3. The molecule has 92 valence electrons. The van der Waals surface area contributed by atoms with Crippen LogP contribution in [0, 0.1) is 0 Å². The fourth-order valence-electron chi connectivity index (χ4n) is 1.08. The van der Waals surface area contributed by atoms with Gasteiger partial charge in [-0.15, -0.1) is 0 Å². The maximum Gasteiger partial charge on any atom is 0.242 e. The molecule has 2 N–H and O–H groups in total. The van der Waals surface area contributed by atoms with Crippen LogP contribution in [-0.4, -0.2) is 29.7 Å². The molecule has 0 fully saturated rings. The zero-order valence-electron chi connectivity index (χ0n) is 10.3. The summed E-state index contributed by atoms with van der Waals surface area (Å²) in [5.74, 6) is -0.526. The van der Waals surface area contributed by atoms with E-state index in [0.29, 0.717) is 0 Å². The van der Waals surface area contributed by atoms with Gasteiger partial charge in [0, 0.05) is 18.9 Å². The number of hydrogen-bond acceptors (Lipinski definition) is 3. The third kappa shape index (κ3) is 6.98. The highest BCUT2D eigenvalue weighted by molar-refractivity contribution is 5.89. The van der Waals surface area contributed by atoms with E-state index in [-0.39, 0.29) is 36.5 Å². The average molecular weight is 228 g/mol. The van der Waals surface area contributed by atoms with Crippen molar-refractivity contribution in [2.75, 3.05) is 0 Å². The van der Waals surface area contributed by atoms with Crippen LogP contribution in [0.4, 0.5) is 0 Å². The van der Waals surface area contributed by atoms with E-state index in [4.69, 9.17) is 0 Å². The van der Waals surface area contributed by atoms with E-state index in [2.05, 4.69) is 10.6 Å². The Morgan fingerprint density at radius 1 is 1.00 bits per heavy atom. The summed E-state index contributed by atoms with van der Waals surface area (Å²) in [5.41, 5.74) is 0. The number of rotatable bonds is 6. The Labute approximate surface area is 96.0 Å². The summed E-state index contributed by atoms with van der Waals surface area (Å²) >= 11 is 0. The summed E-state index contributed by atoms with van der Waals surface area (Å²) in [6.45, 7) is 6.75. The van der Waals surface area contributed by atoms with Gasteiger partial charge in [0.05, 0.1) is 0 Å². The number of Topliss-reactive ketones (excluding diaryl/α,β-unsaturated/α-hetero) is 1. The molecule has 0 radical (unpaired) electrons. The molecule has 0 aromatic rings. The lowest BCUT2D eigenvalue weighted by atomic mass is 10.2. The number of hydrogen-bond donors (Lipinski definition) is 2. The van der Waals surface area contributed by atoms with Crippen molar-refractivity contribution in [1.82, 2.24) is 10.6 Å². The topological polar surface area (TPSA) is 75.3 Å². The Morgan fingerprint density at radius 2 is 1.56 bits per heavy atom. The van der Waals surface area contributed by atoms with Gasteiger partial charge >= 0.3 is 0 Å². The Kier molecular flexibility index (Phi) is 6.37. The summed E-state index contributed by atoms with van der Waals surface area (Å²) < 4.78 is 0. The van der Waals surface area contributed by atoms with E-state index in [1.165, 1.54) is 6.92 Å². The number of ketones is 1. The van der Waals surface area contributed by atoms with Crippen LogP contribution in [-0.2, 0) is 14.4 Å². The van der Waals surface area contributed by atoms with Gasteiger partial charge in [-0.2, -0.15) is 0 Å². The predicted octanol–water partition coefficient (Wildman–Crippen LogP) is 0.385. The molecule has 1 atom stereocenters. The Morgan fingerprint density at radius 3 is 2.00 bits per heavy atom. The first-order valence-electron chi connectivity index (χ1n) is 5.42. The standard InChI is InChI=1S/C11H20N2O3/c1-7(2)12-11(16)9(4)13-10(15)6-5-8(3)14/h7,9H,5-6H2,1-4H3,(H,12,16)(H,13,15). The third-order valence-corrected chi connectivity index (χ3v) is 1.91. The minimum absolute atomic E-state index is 0.0329. The summed E-state index contributed by atoms with van der Waals surface area (Å²) in [5, 5.41) is 5.23. The molecule has 16 heavy (non-hydrogen) atoms. The van der Waals surface area contributed by atoms with Crippen molar-refractivity contribution in [3.63, 3.8) is 0 Å².